The number of nitrogens with one attached hydrogen (secondary N) is 1. The number of methoxy groups -OCH3 is 1. The third-order valence-electron chi connectivity index (χ3n) is 2.35. The molecule has 6 heteroatoms. The maximum Gasteiger partial charge on any atom is 0.416 e. The van der Waals surface area contributed by atoms with E-state index in [1.165, 1.54) is 19.3 Å². The molecule has 0 saturated heterocycles. The highest BCUT2D eigenvalue weighted by Crippen LogP contribution is 2.32. The summed E-state index contributed by atoms with van der Waals surface area (Å²) < 4.78 is 42.2. The predicted octanol–water partition coefficient (Wildman–Crippen LogP) is 3.32. The Morgan fingerprint density at radius 2 is 2.11 bits per heavy atom. The van der Waals surface area contributed by atoms with Crippen molar-refractivity contribution in [3.05, 3.63) is 35.4 Å². The molecule has 0 radical (unpaired) electrons. The lowest BCUT2D eigenvalue weighted by Gasteiger charge is -2.12. The lowest BCUT2D eigenvalue weighted by Crippen LogP contribution is -2.07. The van der Waals surface area contributed by atoms with Crippen LogP contribution in [0.5, 0.6) is 0 Å². The molecule has 0 atom stereocenters. The molecule has 0 unspecified atom stereocenters. The summed E-state index contributed by atoms with van der Waals surface area (Å²) in [6.07, 6.45) is -1.83. The van der Waals surface area contributed by atoms with Crippen molar-refractivity contribution >= 4 is 17.7 Å². The quantitative estimate of drug-likeness (QED) is 0.675. The smallest absolute Gasteiger partial charge is 0.416 e. The first kappa shape index (κ1) is 15.1. The topological polar surface area (TPSA) is 38.3 Å². The van der Waals surface area contributed by atoms with Crippen molar-refractivity contribution in [3.63, 3.8) is 0 Å². The fourth-order valence-corrected chi connectivity index (χ4v) is 1.45. The van der Waals surface area contributed by atoms with Gasteiger partial charge in [-0.1, -0.05) is 6.07 Å². The van der Waals surface area contributed by atoms with E-state index >= 15 is 0 Å². The molecule has 104 valence electrons. The lowest BCUT2D eigenvalue weighted by atomic mass is 10.1. The van der Waals surface area contributed by atoms with Crippen LogP contribution in [0.15, 0.2) is 24.3 Å². The molecule has 0 saturated carbocycles. The first-order valence-corrected chi connectivity index (χ1v) is 5.59. The number of carbonyl (C=O) groups is 1. The first-order valence-electron chi connectivity index (χ1n) is 5.59. The zero-order valence-corrected chi connectivity index (χ0v) is 10.5. The molecule has 0 aliphatic heterocycles. The Hall–Kier alpha value is -1.98. The summed E-state index contributed by atoms with van der Waals surface area (Å²) in [5.74, 6) is -0.567. The summed E-state index contributed by atoms with van der Waals surface area (Å²) >= 11 is 0. The summed E-state index contributed by atoms with van der Waals surface area (Å²) in [4.78, 5) is 11.0. The number of carbonyl (C=O) groups excluding carboxylic acids is 1. The van der Waals surface area contributed by atoms with Crippen LogP contribution in [0.1, 0.15) is 18.1 Å². The number of benzene rings is 1. The molecular weight excluding hydrogens is 259 g/mol. The number of alkyl halides is 3. The number of esters is 1. The van der Waals surface area contributed by atoms with Gasteiger partial charge in [-0.15, -0.1) is 0 Å². The second kappa shape index (κ2) is 6.26. The molecule has 19 heavy (non-hydrogen) atoms. The minimum Gasteiger partial charge on any atom is -0.466 e. The molecule has 0 aliphatic carbocycles. The van der Waals surface area contributed by atoms with Crippen molar-refractivity contribution in [3.8, 4) is 0 Å². The van der Waals surface area contributed by atoms with Gasteiger partial charge in [0.1, 0.15) is 0 Å². The minimum absolute atomic E-state index is 0.317. The summed E-state index contributed by atoms with van der Waals surface area (Å²) in [5.41, 5.74) is 0.0661. The van der Waals surface area contributed by atoms with Gasteiger partial charge in [0.15, 0.2) is 0 Å². The van der Waals surface area contributed by atoms with Crippen LogP contribution >= 0.6 is 0 Å². The third kappa shape index (κ3) is 4.31. The molecule has 0 amide bonds. The number of halogens is 3. The SMILES string of the molecule is CCNc1cc(C(F)(F)F)ccc1/C=C/C(=O)OC. The summed E-state index contributed by atoms with van der Waals surface area (Å²) in [5, 5.41) is 2.83. The Bertz CT molecular complexity index is 481. The van der Waals surface area contributed by atoms with E-state index < -0.39 is 17.7 Å². The summed E-state index contributed by atoms with van der Waals surface area (Å²) in [6.45, 7) is 2.24. The predicted molar refractivity (Wildman–Crippen MR) is 66.7 cm³/mol. The molecule has 0 aliphatic rings. The Balaban J connectivity index is 3.11. The van der Waals surface area contributed by atoms with Crippen molar-refractivity contribution in [2.24, 2.45) is 0 Å². The van der Waals surface area contributed by atoms with Gasteiger partial charge in [-0.25, -0.2) is 4.79 Å². The second-order valence-corrected chi connectivity index (χ2v) is 3.69. The minimum atomic E-state index is -4.39. The normalized spacial score (nSPS) is 11.6. The number of rotatable bonds is 4. The molecule has 1 aromatic carbocycles. The molecule has 0 fully saturated rings. The fourth-order valence-electron chi connectivity index (χ4n) is 1.45. The largest absolute Gasteiger partial charge is 0.466 e. The summed E-state index contributed by atoms with van der Waals surface area (Å²) in [7, 11) is 1.23. The van der Waals surface area contributed by atoms with Crippen molar-refractivity contribution in [2.75, 3.05) is 19.0 Å². The van der Waals surface area contributed by atoms with Gasteiger partial charge in [-0.3, -0.25) is 0 Å². The molecule has 0 heterocycles. The van der Waals surface area contributed by atoms with Gasteiger partial charge in [-0.05, 0) is 30.7 Å². The van der Waals surface area contributed by atoms with Gasteiger partial charge < -0.3 is 10.1 Å². The molecule has 1 N–H and O–H groups in total. The Morgan fingerprint density at radius 1 is 1.42 bits per heavy atom. The first-order chi connectivity index (χ1) is 8.88. The summed E-state index contributed by atoms with van der Waals surface area (Å²) in [6, 6.07) is 3.29. The number of hydrogen-bond donors (Lipinski definition) is 1. The maximum absolute atomic E-state index is 12.6. The van der Waals surface area contributed by atoms with Crippen molar-refractivity contribution in [1.29, 1.82) is 0 Å². The van der Waals surface area contributed by atoms with Gasteiger partial charge >= 0.3 is 12.1 Å². The molecular formula is C13H14F3NO2. The standard InChI is InChI=1S/C13H14F3NO2/c1-3-17-11-8-10(13(14,15)16)6-4-9(11)5-7-12(18)19-2/h4-8,17H,3H2,1-2H3/b7-5+. The van der Waals surface area contributed by atoms with Crippen LogP contribution in [0.2, 0.25) is 0 Å². The van der Waals surface area contributed by atoms with Crippen molar-refractivity contribution < 1.29 is 22.7 Å². The van der Waals surface area contributed by atoms with E-state index in [2.05, 4.69) is 10.1 Å². The van der Waals surface area contributed by atoms with Crippen LogP contribution in [-0.2, 0) is 15.7 Å². The van der Waals surface area contributed by atoms with Crippen LogP contribution in [0.25, 0.3) is 6.08 Å². The number of anilines is 1. The van der Waals surface area contributed by atoms with Crippen molar-refractivity contribution in [1.82, 2.24) is 0 Å². The average molecular weight is 273 g/mol. The number of ether oxygens (including phenoxy) is 1. The van der Waals surface area contributed by atoms with Crippen LogP contribution < -0.4 is 5.32 Å². The van der Waals surface area contributed by atoms with Gasteiger partial charge in [0.25, 0.3) is 0 Å². The molecule has 0 aromatic heterocycles. The van der Waals surface area contributed by atoms with Crippen LogP contribution in [0.3, 0.4) is 0 Å². The molecule has 3 nitrogen and oxygen atoms in total. The molecule has 1 aromatic rings. The van der Waals surface area contributed by atoms with Crippen LogP contribution in [0, 0.1) is 0 Å². The number of hydrogen-bond acceptors (Lipinski definition) is 3. The maximum atomic E-state index is 12.6. The van der Waals surface area contributed by atoms with Gasteiger partial charge in [0, 0.05) is 18.3 Å². The van der Waals surface area contributed by atoms with E-state index in [-0.39, 0.29) is 0 Å². The highest BCUT2D eigenvalue weighted by Gasteiger charge is 2.30. The van der Waals surface area contributed by atoms with Gasteiger partial charge in [0.05, 0.1) is 12.7 Å². The monoisotopic (exact) mass is 273 g/mol. The van der Waals surface area contributed by atoms with E-state index in [1.54, 1.807) is 6.92 Å². The third-order valence-corrected chi connectivity index (χ3v) is 2.35. The lowest BCUT2D eigenvalue weighted by molar-refractivity contribution is -0.137. The van der Waals surface area contributed by atoms with E-state index in [0.29, 0.717) is 17.8 Å². The van der Waals surface area contributed by atoms with Gasteiger partial charge in [0.2, 0.25) is 0 Å². The van der Waals surface area contributed by atoms with Crippen molar-refractivity contribution in [2.45, 2.75) is 13.1 Å². The van der Waals surface area contributed by atoms with E-state index in [1.807, 2.05) is 0 Å². The van der Waals surface area contributed by atoms with E-state index in [4.69, 9.17) is 0 Å². The van der Waals surface area contributed by atoms with Gasteiger partial charge in [-0.2, -0.15) is 13.2 Å². The molecule has 0 bridgehead atoms. The zero-order valence-electron chi connectivity index (χ0n) is 10.5. The van der Waals surface area contributed by atoms with E-state index in [9.17, 15) is 18.0 Å². The Labute approximate surface area is 109 Å². The Morgan fingerprint density at radius 3 is 2.63 bits per heavy atom. The van der Waals surface area contributed by atoms with E-state index in [0.717, 1.165) is 18.2 Å². The second-order valence-electron chi connectivity index (χ2n) is 3.69. The highest BCUT2D eigenvalue weighted by atomic mass is 19.4. The molecule has 1 rings (SSSR count). The average Bonchev–Trinajstić information content (AvgIpc) is 2.36. The zero-order chi connectivity index (χ0) is 14.5. The molecule has 0 spiro atoms. The van der Waals surface area contributed by atoms with Crippen LogP contribution in [-0.4, -0.2) is 19.6 Å². The highest BCUT2D eigenvalue weighted by molar-refractivity contribution is 5.88. The Kier molecular flexibility index (Phi) is 4.97. The fraction of sp³-hybridized carbons (Fsp3) is 0.308. The van der Waals surface area contributed by atoms with Crippen LogP contribution in [0.4, 0.5) is 18.9 Å².